The van der Waals surface area contributed by atoms with Crippen LogP contribution in [0.25, 0.3) is 0 Å². The number of nitrogens with two attached hydrogens (primary N) is 1. The molecule has 17 heavy (non-hydrogen) atoms. The summed E-state index contributed by atoms with van der Waals surface area (Å²) in [7, 11) is 0. The van der Waals surface area contributed by atoms with E-state index in [4.69, 9.17) is 10.5 Å². The fraction of sp³-hybridized carbons (Fsp3) is 0.929. The molecule has 0 aliphatic carbocycles. The van der Waals surface area contributed by atoms with Crippen molar-refractivity contribution >= 4 is 5.97 Å². The lowest BCUT2D eigenvalue weighted by molar-refractivity contribution is -0.154. The molecular weight excluding hydrogens is 214 g/mol. The van der Waals surface area contributed by atoms with Crippen molar-refractivity contribution in [2.24, 2.45) is 11.7 Å². The lowest BCUT2D eigenvalue weighted by Crippen LogP contribution is -2.30. The molecule has 0 aliphatic heterocycles. The molecule has 102 valence electrons. The van der Waals surface area contributed by atoms with Crippen LogP contribution in [0.15, 0.2) is 0 Å². The van der Waals surface area contributed by atoms with Gasteiger partial charge < -0.3 is 4.74 Å². The van der Waals surface area contributed by atoms with Gasteiger partial charge in [-0.1, -0.05) is 46.5 Å². The summed E-state index contributed by atoms with van der Waals surface area (Å²) in [6, 6.07) is 0. The second-order valence-electron chi connectivity index (χ2n) is 4.72. The molecule has 0 aromatic heterocycles. The van der Waals surface area contributed by atoms with Crippen LogP contribution in [0.2, 0.25) is 0 Å². The first-order valence-corrected chi connectivity index (χ1v) is 7.11. The maximum Gasteiger partial charge on any atom is 0.310 e. The van der Waals surface area contributed by atoms with Crippen LogP contribution in [0.3, 0.4) is 0 Å². The van der Waals surface area contributed by atoms with Crippen molar-refractivity contribution in [2.45, 2.75) is 78.4 Å². The number of rotatable bonds is 10. The highest BCUT2D eigenvalue weighted by Crippen LogP contribution is 2.15. The third-order valence-electron chi connectivity index (χ3n) is 3.09. The fourth-order valence-corrected chi connectivity index (χ4v) is 1.84. The van der Waals surface area contributed by atoms with Crippen molar-refractivity contribution < 1.29 is 9.53 Å². The largest absolute Gasteiger partial charge is 0.447 e. The van der Waals surface area contributed by atoms with Gasteiger partial charge in [-0.15, -0.1) is 0 Å². The van der Waals surface area contributed by atoms with Gasteiger partial charge in [-0.3, -0.25) is 10.5 Å². The van der Waals surface area contributed by atoms with Gasteiger partial charge in [0.25, 0.3) is 0 Å². The van der Waals surface area contributed by atoms with Gasteiger partial charge in [-0.25, -0.2) is 0 Å². The predicted octanol–water partition coefficient (Wildman–Crippen LogP) is 3.61. The lowest BCUT2D eigenvalue weighted by Gasteiger charge is -2.18. The Balaban J connectivity index is 3.86. The van der Waals surface area contributed by atoms with E-state index in [1.54, 1.807) is 0 Å². The number of hydrogen-bond donors (Lipinski definition) is 1. The van der Waals surface area contributed by atoms with E-state index in [0.29, 0.717) is 0 Å². The van der Waals surface area contributed by atoms with Gasteiger partial charge >= 0.3 is 5.97 Å². The molecule has 0 heterocycles. The molecular formula is C14H29NO2. The summed E-state index contributed by atoms with van der Waals surface area (Å²) >= 11 is 0. The minimum atomic E-state index is -0.412. The first kappa shape index (κ1) is 16.4. The molecule has 0 saturated carbocycles. The van der Waals surface area contributed by atoms with Crippen LogP contribution in [-0.4, -0.2) is 12.2 Å². The summed E-state index contributed by atoms with van der Waals surface area (Å²) in [5.74, 6) is -0.0721. The fourth-order valence-electron chi connectivity index (χ4n) is 1.84. The molecule has 0 rings (SSSR count). The van der Waals surface area contributed by atoms with Crippen molar-refractivity contribution in [3.05, 3.63) is 0 Å². The van der Waals surface area contributed by atoms with E-state index < -0.39 is 6.23 Å². The summed E-state index contributed by atoms with van der Waals surface area (Å²) in [5.41, 5.74) is 5.79. The average molecular weight is 243 g/mol. The van der Waals surface area contributed by atoms with Crippen molar-refractivity contribution in [1.82, 2.24) is 0 Å². The summed E-state index contributed by atoms with van der Waals surface area (Å²) in [6.07, 6.45) is 7.69. The van der Waals surface area contributed by atoms with Crippen molar-refractivity contribution in [1.29, 1.82) is 0 Å². The van der Waals surface area contributed by atoms with E-state index in [1.165, 1.54) is 0 Å². The molecule has 0 radical (unpaired) electrons. The Morgan fingerprint density at radius 2 is 1.71 bits per heavy atom. The molecule has 0 bridgehead atoms. The van der Waals surface area contributed by atoms with Crippen LogP contribution >= 0.6 is 0 Å². The highest BCUT2D eigenvalue weighted by molar-refractivity contribution is 5.72. The van der Waals surface area contributed by atoms with Gasteiger partial charge in [0, 0.05) is 0 Å². The first-order valence-electron chi connectivity index (χ1n) is 7.11. The van der Waals surface area contributed by atoms with Gasteiger partial charge in [0.05, 0.1) is 5.92 Å². The SMILES string of the molecule is CCCCCC(N)OC(=O)C(CC)CCCC. The van der Waals surface area contributed by atoms with E-state index in [2.05, 4.69) is 13.8 Å². The van der Waals surface area contributed by atoms with E-state index >= 15 is 0 Å². The standard InChI is InChI=1S/C14H29NO2/c1-4-7-9-11-13(15)17-14(16)12(6-3)10-8-5-2/h12-13H,4-11,15H2,1-3H3. The van der Waals surface area contributed by atoms with Gasteiger partial charge in [0.1, 0.15) is 0 Å². The molecule has 3 nitrogen and oxygen atoms in total. The van der Waals surface area contributed by atoms with Crippen LogP contribution in [0.1, 0.15) is 72.1 Å². The Bertz CT molecular complexity index is 195. The predicted molar refractivity (Wildman–Crippen MR) is 71.5 cm³/mol. The molecule has 0 aliphatic rings. The molecule has 2 atom stereocenters. The lowest BCUT2D eigenvalue weighted by atomic mass is 10.00. The van der Waals surface area contributed by atoms with Crippen LogP contribution in [0.5, 0.6) is 0 Å². The molecule has 0 amide bonds. The van der Waals surface area contributed by atoms with E-state index in [9.17, 15) is 4.79 Å². The van der Waals surface area contributed by atoms with Crippen LogP contribution < -0.4 is 5.73 Å². The van der Waals surface area contributed by atoms with Gasteiger partial charge in [-0.2, -0.15) is 0 Å². The third kappa shape index (κ3) is 8.19. The maximum atomic E-state index is 11.8. The molecule has 0 aromatic rings. The first-order chi connectivity index (χ1) is 8.15. The number of carbonyl (C=O) groups excluding carboxylic acids is 1. The van der Waals surface area contributed by atoms with Crippen molar-refractivity contribution in [2.75, 3.05) is 0 Å². The van der Waals surface area contributed by atoms with Crippen molar-refractivity contribution in [3.8, 4) is 0 Å². The number of carbonyl (C=O) groups is 1. The monoisotopic (exact) mass is 243 g/mol. The molecule has 3 heteroatoms. The molecule has 0 fully saturated rings. The number of esters is 1. The van der Waals surface area contributed by atoms with Crippen molar-refractivity contribution in [3.63, 3.8) is 0 Å². The average Bonchev–Trinajstić information content (AvgIpc) is 2.30. The zero-order chi connectivity index (χ0) is 13.1. The van der Waals surface area contributed by atoms with Crippen LogP contribution in [0.4, 0.5) is 0 Å². The second-order valence-corrected chi connectivity index (χ2v) is 4.72. The minimum absolute atomic E-state index is 0.0344. The number of ether oxygens (including phenoxy) is 1. The molecule has 2 unspecified atom stereocenters. The molecule has 2 N–H and O–H groups in total. The summed E-state index contributed by atoms with van der Waals surface area (Å²) in [4.78, 5) is 11.8. The summed E-state index contributed by atoms with van der Waals surface area (Å²) < 4.78 is 5.29. The van der Waals surface area contributed by atoms with E-state index in [1.807, 2.05) is 6.92 Å². The summed E-state index contributed by atoms with van der Waals surface area (Å²) in [5, 5.41) is 0. The third-order valence-corrected chi connectivity index (χ3v) is 3.09. The Labute approximate surface area is 106 Å². The minimum Gasteiger partial charge on any atom is -0.447 e. The maximum absolute atomic E-state index is 11.8. The molecule has 0 aromatic carbocycles. The highest BCUT2D eigenvalue weighted by atomic mass is 16.6. The van der Waals surface area contributed by atoms with Crippen LogP contribution in [-0.2, 0) is 9.53 Å². The van der Waals surface area contributed by atoms with Gasteiger partial charge in [0.15, 0.2) is 6.23 Å². The topological polar surface area (TPSA) is 52.3 Å². The van der Waals surface area contributed by atoms with E-state index in [-0.39, 0.29) is 11.9 Å². The quantitative estimate of drug-likeness (QED) is 0.362. The smallest absolute Gasteiger partial charge is 0.310 e. The number of hydrogen-bond acceptors (Lipinski definition) is 3. The Kier molecular flexibility index (Phi) is 10.2. The molecule has 0 saturated heterocycles. The number of unbranched alkanes of at least 4 members (excludes halogenated alkanes) is 3. The van der Waals surface area contributed by atoms with E-state index in [0.717, 1.165) is 51.4 Å². The highest BCUT2D eigenvalue weighted by Gasteiger charge is 2.19. The van der Waals surface area contributed by atoms with Gasteiger partial charge in [-0.05, 0) is 25.7 Å². The molecule has 0 spiro atoms. The Morgan fingerprint density at radius 3 is 2.24 bits per heavy atom. The Hall–Kier alpha value is -0.570. The normalized spacial score (nSPS) is 14.4. The zero-order valence-corrected chi connectivity index (χ0v) is 11.7. The zero-order valence-electron chi connectivity index (χ0n) is 11.7. The summed E-state index contributed by atoms with van der Waals surface area (Å²) in [6.45, 7) is 6.31. The van der Waals surface area contributed by atoms with Gasteiger partial charge in [0.2, 0.25) is 0 Å². The second kappa shape index (κ2) is 10.6. The Morgan fingerprint density at radius 1 is 1.06 bits per heavy atom. The van der Waals surface area contributed by atoms with Crippen LogP contribution in [0, 0.1) is 5.92 Å².